The van der Waals surface area contributed by atoms with Crippen LogP contribution in [0.25, 0.3) is 17.2 Å². The number of nitrogens with zero attached hydrogens (tertiary/aromatic N) is 6. The standard InChI is InChI=1S/C18H11Cl2N7/c19-11-3-1-10(2-4-11)16-13-7-12(20)5-6-14(13)27-9-22-17(15(27)8-21-16)18-23-25-26-24-18/h1-7,9H,8H2,(H,23,24,25,26). The van der Waals surface area contributed by atoms with Crippen LogP contribution >= 0.6 is 23.2 Å². The molecule has 3 heterocycles. The van der Waals surface area contributed by atoms with Crippen molar-refractivity contribution in [3.63, 3.8) is 0 Å². The first-order valence-corrected chi connectivity index (χ1v) is 8.87. The molecule has 9 heteroatoms. The Morgan fingerprint density at radius 3 is 2.59 bits per heavy atom. The molecule has 1 N–H and O–H groups in total. The largest absolute Gasteiger partial charge is 0.300 e. The van der Waals surface area contributed by atoms with E-state index in [9.17, 15) is 0 Å². The molecule has 2 aromatic heterocycles. The second-order valence-corrected chi connectivity index (χ2v) is 6.85. The van der Waals surface area contributed by atoms with Crippen molar-refractivity contribution in [3.8, 4) is 17.2 Å². The molecule has 27 heavy (non-hydrogen) atoms. The fourth-order valence-corrected chi connectivity index (χ4v) is 3.48. The van der Waals surface area contributed by atoms with Gasteiger partial charge in [-0.2, -0.15) is 5.21 Å². The van der Waals surface area contributed by atoms with Gasteiger partial charge in [0, 0.05) is 21.2 Å². The molecule has 7 nitrogen and oxygen atoms in total. The SMILES string of the molecule is Clc1ccc(C2=NCc3c(-c4nn[nH]n4)ncn3-c3ccc(Cl)cc32)cc1. The van der Waals surface area contributed by atoms with Gasteiger partial charge < -0.3 is 0 Å². The molecule has 0 fully saturated rings. The van der Waals surface area contributed by atoms with Crippen LogP contribution < -0.4 is 0 Å². The third-order valence-corrected chi connectivity index (χ3v) is 4.89. The summed E-state index contributed by atoms with van der Waals surface area (Å²) in [6.45, 7) is 0.411. The predicted molar refractivity (Wildman–Crippen MR) is 103 cm³/mol. The molecule has 4 aromatic rings. The zero-order valence-corrected chi connectivity index (χ0v) is 15.3. The second kappa shape index (κ2) is 6.29. The van der Waals surface area contributed by atoms with Gasteiger partial charge in [-0.05, 0) is 35.5 Å². The number of rotatable bonds is 2. The van der Waals surface area contributed by atoms with E-state index >= 15 is 0 Å². The van der Waals surface area contributed by atoms with Gasteiger partial charge in [-0.1, -0.05) is 35.3 Å². The Labute approximate surface area is 163 Å². The summed E-state index contributed by atoms with van der Waals surface area (Å²) in [6.07, 6.45) is 1.74. The molecule has 0 amide bonds. The summed E-state index contributed by atoms with van der Waals surface area (Å²) in [6, 6.07) is 13.3. The van der Waals surface area contributed by atoms with Crippen molar-refractivity contribution in [1.29, 1.82) is 0 Å². The van der Waals surface area contributed by atoms with Crippen molar-refractivity contribution in [2.45, 2.75) is 6.54 Å². The lowest BCUT2D eigenvalue weighted by Gasteiger charge is -2.12. The second-order valence-electron chi connectivity index (χ2n) is 5.98. The van der Waals surface area contributed by atoms with E-state index in [2.05, 4.69) is 25.6 Å². The van der Waals surface area contributed by atoms with E-state index in [4.69, 9.17) is 28.2 Å². The molecule has 1 aliphatic rings. The number of halogens is 2. The van der Waals surface area contributed by atoms with Crippen LogP contribution in [0.4, 0.5) is 0 Å². The maximum Gasteiger partial charge on any atom is 0.224 e. The number of aliphatic imine (C=N–C) groups is 1. The zero-order chi connectivity index (χ0) is 18.4. The summed E-state index contributed by atoms with van der Waals surface area (Å²) in [5.74, 6) is 0.435. The number of imidazole rings is 1. The molecule has 0 unspecified atom stereocenters. The number of nitrogens with one attached hydrogen (secondary N) is 1. The van der Waals surface area contributed by atoms with Gasteiger partial charge in [0.05, 0.1) is 23.6 Å². The van der Waals surface area contributed by atoms with E-state index in [-0.39, 0.29) is 0 Å². The van der Waals surface area contributed by atoms with Crippen LogP contribution in [0.3, 0.4) is 0 Å². The summed E-state index contributed by atoms with van der Waals surface area (Å²) >= 11 is 12.3. The summed E-state index contributed by atoms with van der Waals surface area (Å²) in [5, 5.41) is 15.5. The van der Waals surface area contributed by atoms with Crippen molar-refractivity contribution < 1.29 is 0 Å². The number of aromatic amines is 1. The summed E-state index contributed by atoms with van der Waals surface area (Å²) in [7, 11) is 0. The molecule has 0 saturated carbocycles. The van der Waals surface area contributed by atoms with E-state index in [1.54, 1.807) is 6.33 Å². The van der Waals surface area contributed by atoms with Crippen LogP contribution in [0.1, 0.15) is 16.8 Å². The first kappa shape index (κ1) is 16.2. The van der Waals surface area contributed by atoms with Gasteiger partial charge in [-0.3, -0.25) is 9.56 Å². The van der Waals surface area contributed by atoms with Crippen molar-refractivity contribution in [2.24, 2.45) is 4.99 Å². The molecule has 2 aromatic carbocycles. The van der Waals surface area contributed by atoms with E-state index in [0.717, 1.165) is 28.2 Å². The fourth-order valence-electron chi connectivity index (χ4n) is 3.18. The maximum absolute atomic E-state index is 6.29. The quantitative estimate of drug-likeness (QED) is 0.560. The van der Waals surface area contributed by atoms with Gasteiger partial charge >= 0.3 is 0 Å². The van der Waals surface area contributed by atoms with Crippen LogP contribution in [0.15, 0.2) is 53.8 Å². The van der Waals surface area contributed by atoms with Gasteiger partial charge in [0.25, 0.3) is 0 Å². The third kappa shape index (κ3) is 2.72. The monoisotopic (exact) mass is 395 g/mol. The lowest BCUT2D eigenvalue weighted by atomic mass is 10.0. The van der Waals surface area contributed by atoms with Crippen molar-refractivity contribution >= 4 is 28.9 Å². The molecule has 0 aliphatic carbocycles. The number of benzene rings is 2. The van der Waals surface area contributed by atoms with Crippen molar-refractivity contribution in [3.05, 3.63) is 75.7 Å². The third-order valence-electron chi connectivity index (χ3n) is 4.40. The highest BCUT2D eigenvalue weighted by Crippen LogP contribution is 2.31. The molecular weight excluding hydrogens is 385 g/mol. The first-order valence-electron chi connectivity index (χ1n) is 8.11. The highest BCUT2D eigenvalue weighted by molar-refractivity contribution is 6.32. The topological polar surface area (TPSA) is 84.6 Å². The van der Waals surface area contributed by atoms with Gasteiger partial charge in [-0.15, -0.1) is 10.2 Å². The Hall–Kier alpha value is -3.03. The average molecular weight is 396 g/mol. The number of H-pyrrole nitrogens is 1. The highest BCUT2D eigenvalue weighted by Gasteiger charge is 2.23. The predicted octanol–water partition coefficient (Wildman–Crippen LogP) is 3.71. The average Bonchev–Trinajstić information content (AvgIpc) is 3.30. The van der Waals surface area contributed by atoms with Crippen molar-refractivity contribution in [2.75, 3.05) is 0 Å². The minimum atomic E-state index is 0.411. The van der Waals surface area contributed by atoms with Gasteiger partial charge in [0.1, 0.15) is 12.0 Å². The maximum atomic E-state index is 6.29. The van der Waals surface area contributed by atoms with Crippen LogP contribution in [-0.2, 0) is 6.54 Å². The molecule has 0 saturated heterocycles. The molecule has 132 valence electrons. The Bertz CT molecular complexity index is 1160. The highest BCUT2D eigenvalue weighted by atomic mass is 35.5. The number of hydrogen-bond acceptors (Lipinski definition) is 5. The van der Waals surface area contributed by atoms with E-state index in [0.29, 0.717) is 28.1 Å². The number of aromatic nitrogens is 6. The molecule has 0 atom stereocenters. The zero-order valence-electron chi connectivity index (χ0n) is 13.8. The fraction of sp³-hybridized carbons (Fsp3) is 0.0556. The summed E-state index contributed by atoms with van der Waals surface area (Å²) in [4.78, 5) is 9.33. The Kier molecular flexibility index (Phi) is 3.77. The Morgan fingerprint density at radius 2 is 1.81 bits per heavy atom. The van der Waals surface area contributed by atoms with E-state index in [1.165, 1.54) is 0 Å². The van der Waals surface area contributed by atoms with E-state index < -0.39 is 0 Å². The molecule has 0 radical (unpaired) electrons. The smallest absolute Gasteiger partial charge is 0.224 e. The lowest BCUT2D eigenvalue weighted by Crippen LogP contribution is -2.06. The molecule has 0 bridgehead atoms. The number of tetrazole rings is 1. The Morgan fingerprint density at radius 1 is 1.00 bits per heavy atom. The van der Waals surface area contributed by atoms with Crippen LogP contribution in [-0.4, -0.2) is 35.9 Å². The van der Waals surface area contributed by atoms with Crippen LogP contribution in [0.5, 0.6) is 0 Å². The van der Waals surface area contributed by atoms with Crippen LogP contribution in [0.2, 0.25) is 10.0 Å². The first-order chi connectivity index (χ1) is 13.2. The molecule has 5 rings (SSSR count). The van der Waals surface area contributed by atoms with E-state index in [1.807, 2.05) is 47.0 Å². The summed E-state index contributed by atoms with van der Waals surface area (Å²) in [5.41, 5.74) is 5.17. The minimum absolute atomic E-state index is 0.411. The van der Waals surface area contributed by atoms with Crippen LogP contribution in [0, 0.1) is 0 Å². The summed E-state index contributed by atoms with van der Waals surface area (Å²) < 4.78 is 1.99. The number of fused-ring (bicyclic) bond motifs is 3. The molecule has 1 aliphatic heterocycles. The number of hydrogen-bond donors (Lipinski definition) is 1. The normalized spacial score (nSPS) is 12.9. The van der Waals surface area contributed by atoms with Gasteiger partial charge in [0.15, 0.2) is 0 Å². The minimum Gasteiger partial charge on any atom is -0.300 e. The molecular formula is C18H11Cl2N7. The lowest BCUT2D eigenvalue weighted by molar-refractivity contribution is 0.881. The van der Waals surface area contributed by atoms with Crippen molar-refractivity contribution in [1.82, 2.24) is 30.2 Å². The van der Waals surface area contributed by atoms with Gasteiger partial charge in [0.2, 0.25) is 5.82 Å². The molecule has 0 spiro atoms. The Balaban J connectivity index is 1.74. The van der Waals surface area contributed by atoms with Gasteiger partial charge in [-0.25, -0.2) is 4.98 Å².